The Balaban J connectivity index is 2.84. The normalized spacial score (nSPS) is 11.0. The van der Waals surface area contributed by atoms with Gasteiger partial charge >= 0.3 is 5.97 Å². The maximum atomic E-state index is 11.7. The van der Waals surface area contributed by atoms with Gasteiger partial charge in [-0.2, -0.15) is 0 Å². The van der Waals surface area contributed by atoms with Crippen molar-refractivity contribution in [3.8, 4) is 0 Å². The van der Waals surface area contributed by atoms with E-state index in [2.05, 4.69) is 4.98 Å². The lowest BCUT2D eigenvalue weighted by Crippen LogP contribution is -2.32. The lowest BCUT2D eigenvalue weighted by atomic mass is 10.2. The summed E-state index contributed by atoms with van der Waals surface area (Å²) in [4.78, 5) is 25.9. The van der Waals surface area contributed by atoms with Gasteiger partial charge in [-0.3, -0.25) is 4.79 Å². The minimum Gasteiger partial charge on any atom is -0.477 e. The number of pyridine rings is 1. The topological polar surface area (TPSA) is 113 Å². The molecule has 0 saturated carbocycles. The number of carbonyl (C=O) groups excluding carboxylic acids is 1. The van der Waals surface area contributed by atoms with Crippen LogP contribution in [0.15, 0.2) is 18.3 Å². The number of carboxylic acids is 1. The Bertz CT molecular complexity index is 583. The Morgan fingerprint density at radius 1 is 1.42 bits per heavy atom. The molecule has 19 heavy (non-hydrogen) atoms. The van der Waals surface area contributed by atoms with E-state index >= 15 is 0 Å². The molecule has 1 rings (SSSR count). The lowest BCUT2D eigenvalue weighted by molar-refractivity contribution is 0.0690. The quantitative estimate of drug-likeness (QED) is 0.793. The molecule has 0 bridgehead atoms. The molecular weight excluding hydrogens is 272 g/mol. The van der Waals surface area contributed by atoms with Crippen LogP contribution in [0.3, 0.4) is 0 Å². The summed E-state index contributed by atoms with van der Waals surface area (Å²) < 4.78 is 24.9. The fourth-order valence-corrected chi connectivity index (χ4v) is 2.45. The van der Waals surface area contributed by atoms with Crippen LogP contribution in [0.25, 0.3) is 0 Å². The SMILES string of the molecule is CCCCS(=O)(=O)NC(=O)c1ccnc(C(=O)O)c1. The zero-order chi connectivity index (χ0) is 14.5. The summed E-state index contributed by atoms with van der Waals surface area (Å²) in [5.41, 5.74) is -0.383. The van der Waals surface area contributed by atoms with E-state index in [-0.39, 0.29) is 17.0 Å². The van der Waals surface area contributed by atoms with Crippen LogP contribution in [0.4, 0.5) is 0 Å². The third kappa shape index (κ3) is 4.66. The molecule has 0 saturated heterocycles. The minimum absolute atomic E-state index is 0.0625. The molecule has 1 aromatic heterocycles. The van der Waals surface area contributed by atoms with Gasteiger partial charge in [0.2, 0.25) is 10.0 Å². The van der Waals surface area contributed by atoms with Crippen molar-refractivity contribution in [3.05, 3.63) is 29.6 Å². The summed E-state index contributed by atoms with van der Waals surface area (Å²) in [6.07, 6.45) is 2.27. The smallest absolute Gasteiger partial charge is 0.354 e. The van der Waals surface area contributed by atoms with Crippen LogP contribution in [-0.4, -0.2) is 36.1 Å². The first kappa shape index (κ1) is 15.1. The number of nitrogens with zero attached hydrogens (tertiary/aromatic N) is 1. The van der Waals surface area contributed by atoms with E-state index in [9.17, 15) is 18.0 Å². The molecule has 0 aliphatic heterocycles. The fraction of sp³-hybridized carbons (Fsp3) is 0.364. The summed E-state index contributed by atoms with van der Waals surface area (Å²) >= 11 is 0. The minimum atomic E-state index is -3.69. The molecule has 0 aromatic carbocycles. The van der Waals surface area contributed by atoms with Crippen molar-refractivity contribution in [2.75, 3.05) is 5.75 Å². The second-order valence-corrected chi connectivity index (χ2v) is 5.68. The number of rotatable bonds is 6. The van der Waals surface area contributed by atoms with Gasteiger partial charge in [-0.25, -0.2) is 22.9 Å². The van der Waals surface area contributed by atoms with Crippen LogP contribution in [0.2, 0.25) is 0 Å². The van der Waals surface area contributed by atoms with Crippen molar-refractivity contribution in [2.45, 2.75) is 19.8 Å². The first-order valence-electron chi connectivity index (χ1n) is 5.60. The first-order valence-corrected chi connectivity index (χ1v) is 7.25. The monoisotopic (exact) mass is 286 g/mol. The van der Waals surface area contributed by atoms with E-state index in [0.717, 1.165) is 12.3 Å². The van der Waals surface area contributed by atoms with Crippen molar-refractivity contribution in [3.63, 3.8) is 0 Å². The Morgan fingerprint density at radius 3 is 2.68 bits per heavy atom. The molecule has 0 aliphatic rings. The predicted octanol–water partition coefficient (Wildman–Crippen LogP) is 0.640. The van der Waals surface area contributed by atoms with E-state index in [4.69, 9.17) is 5.11 Å². The average Bonchev–Trinajstić information content (AvgIpc) is 2.36. The van der Waals surface area contributed by atoms with Crippen LogP contribution in [0.5, 0.6) is 0 Å². The highest BCUT2D eigenvalue weighted by Crippen LogP contribution is 2.03. The molecule has 0 aliphatic carbocycles. The summed E-state index contributed by atoms with van der Waals surface area (Å²) in [5.74, 6) is -2.30. The zero-order valence-corrected chi connectivity index (χ0v) is 11.1. The van der Waals surface area contributed by atoms with E-state index < -0.39 is 21.9 Å². The zero-order valence-electron chi connectivity index (χ0n) is 10.3. The molecule has 1 heterocycles. The number of nitrogens with one attached hydrogen (secondary N) is 1. The number of hydrogen-bond acceptors (Lipinski definition) is 5. The molecule has 7 nitrogen and oxygen atoms in total. The van der Waals surface area contributed by atoms with Crippen LogP contribution in [0, 0.1) is 0 Å². The van der Waals surface area contributed by atoms with Gasteiger partial charge in [0.1, 0.15) is 5.69 Å². The Hall–Kier alpha value is -1.96. The number of carboxylic acid groups (broad SMARTS) is 1. The van der Waals surface area contributed by atoms with Crippen LogP contribution in [-0.2, 0) is 10.0 Å². The highest BCUT2D eigenvalue weighted by Gasteiger charge is 2.17. The first-order chi connectivity index (χ1) is 8.85. The number of sulfonamides is 1. The molecule has 0 atom stereocenters. The van der Waals surface area contributed by atoms with E-state index in [1.807, 2.05) is 11.6 Å². The van der Waals surface area contributed by atoms with E-state index in [1.165, 1.54) is 6.07 Å². The molecule has 0 spiro atoms. The van der Waals surface area contributed by atoms with E-state index in [0.29, 0.717) is 12.8 Å². The fourth-order valence-electron chi connectivity index (χ4n) is 1.27. The summed E-state index contributed by atoms with van der Waals surface area (Å²) in [6.45, 7) is 1.83. The number of carbonyl (C=O) groups is 2. The van der Waals surface area contributed by atoms with Gasteiger partial charge in [0.05, 0.1) is 5.75 Å². The molecule has 1 aromatic rings. The summed E-state index contributed by atoms with van der Waals surface area (Å²) in [6, 6.07) is 2.27. The van der Waals surface area contributed by atoms with Crippen molar-refractivity contribution >= 4 is 21.9 Å². The number of amides is 1. The average molecular weight is 286 g/mol. The second-order valence-electron chi connectivity index (χ2n) is 3.84. The van der Waals surface area contributed by atoms with Crippen molar-refractivity contribution in [1.82, 2.24) is 9.71 Å². The number of aromatic carboxylic acids is 1. The van der Waals surface area contributed by atoms with Crippen LogP contribution >= 0.6 is 0 Å². The molecule has 0 fully saturated rings. The summed E-state index contributed by atoms with van der Waals surface area (Å²) in [7, 11) is -3.69. The summed E-state index contributed by atoms with van der Waals surface area (Å²) in [5, 5.41) is 8.73. The van der Waals surface area contributed by atoms with Gasteiger partial charge in [0.25, 0.3) is 5.91 Å². The largest absolute Gasteiger partial charge is 0.477 e. The molecule has 104 valence electrons. The molecular formula is C11H14N2O5S. The third-order valence-electron chi connectivity index (χ3n) is 2.26. The highest BCUT2D eigenvalue weighted by atomic mass is 32.2. The van der Waals surface area contributed by atoms with Gasteiger partial charge in [-0.1, -0.05) is 13.3 Å². The number of unbranched alkanes of at least 4 members (excludes halogenated alkanes) is 1. The molecule has 8 heteroatoms. The molecule has 0 unspecified atom stereocenters. The predicted molar refractivity (Wildman–Crippen MR) is 67.4 cm³/mol. The Kier molecular flexibility index (Phi) is 4.99. The number of aromatic nitrogens is 1. The van der Waals surface area contributed by atoms with Crippen LogP contribution in [0.1, 0.15) is 40.6 Å². The third-order valence-corrected chi connectivity index (χ3v) is 3.58. The van der Waals surface area contributed by atoms with Gasteiger partial charge in [-0.15, -0.1) is 0 Å². The van der Waals surface area contributed by atoms with Crippen LogP contribution < -0.4 is 4.72 Å². The lowest BCUT2D eigenvalue weighted by Gasteiger charge is -2.06. The van der Waals surface area contributed by atoms with Crippen molar-refractivity contribution in [1.29, 1.82) is 0 Å². The van der Waals surface area contributed by atoms with Gasteiger partial charge in [0, 0.05) is 11.8 Å². The Morgan fingerprint density at radius 2 is 2.11 bits per heavy atom. The standard InChI is InChI=1S/C11H14N2O5S/c1-2-3-6-19(17,18)13-10(14)8-4-5-12-9(7-8)11(15)16/h4-5,7H,2-3,6H2,1H3,(H,13,14)(H,15,16). The second kappa shape index (κ2) is 6.28. The highest BCUT2D eigenvalue weighted by molar-refractivity contribution is 7.90. The number of hydrogen-bond donors (Lipinski definition) is 2. The molecule has 0 radical (unpaired) electrons. The Labute approximate surface area is 110 Å². The van der Waals surface area contributed by atoms with Gasteiger partial charge in [0.15, 0.2) is 0 Å². The van der Waals surface area contributed by atoms with Gasteiger partial charge in [-0.05, 0) is 18.6 Å². The van der Waals surface area contributed by atoms with Gasteiger partial charge < -0.3 is 5.11 Å². The molecule has 1 amide bonds. The maximum absolute atomic E-state index is 11.7. The van der Waals surface area contributed by atoms with Crippen molar-refractivity contribution < 1.29 is 23.1 Å². The maximum Gasteiger partial charge on any atom is 0.354 e. The van der Waals surface area contributed by atoms with E-state index in [1.54, 1.807) is 0 Å². The molecule has 2 N–H and O–H groups in total. The van der Waals surface area contributed by atoms with Crippen molar-refractivity contribution in [2.24, 2.45) is 0 Å².